The Labute approximate surface area is 121 Å². The van der Waals surface area contributed by atoms with Crippen molar-refractivity contribution in [1.29, 1.82) is 0 Å². The molecule has 0 spiro atoms. The van der Waals surface area contributed by atoms with Crippen LogP contribution in [0.4, 0.5) is 5.69 Å². The van der Waals surface area contributed by atoms with Gasteiger partial charge < -0.3 is 10.4 Å². The molecule has 0 heterocycles. The van der Waals surface area contributed by atoms with Crippen molar-refractivity contribution >= 4 is 17.6 Å². The number of aliphatic carboxylic acids is 1. The Morgan fingerprint density at radius 1 is 1.48 bits per heavy atom. The van der Waals surface area contributed by atoms with E-state index in [1.807, 2.05) is 0 Å². The lowest BCUT2D eigenvalue weighted by atomic mass is 10.1. The van der Waals surface area contributed by atoms with Crippen LogP contribution in [0.3, 0.4) is 0 Å². The molecule has 1 unspecified atom stereocenters. The van der Waals surface area contributed by atoms with E-state index in [1.165, 1.54) is 18.2 Å². The van der Waals surface area contributed by atoms with Gasteiger partial charge in [-0.3, -0.25) is 19.7 Å². The van der Waals surface area contributed by atoms with Crippen LogP contribution in [0.15, 0.2) is 18.2 Å². The van der Waals surface area contributed by atoms with Crippen molar-refractivity contribution in [3.8, 4) is 0 Å². The molecule has 21 heavy (non-hydrogen) atoms. The number of rotatable bonds is 6. The van der Waals surface area contributed by atoms with Crippen LogP contribution in [-0.2, 0) is 4.79 Å². The lowest BCUT2D eigenvalue weighted by molar-refractivity contribution is -0.385. The summed E-state index contributed by atoms with van der Waals surface area (Å²) >= 11 is 0. The molecule has 2 N–H and O–H groups in total. The van der Waals surface area contributed by atoms with E-state index in [2.05, 4.69) is 5.32 Å². The summed E-state index contributed by atoms with van der Waals surface area (Å²) < 4.78 is 0. The fourth-order valence-corrected chi connectivity index (χ4v) is 2.22. The van der Waals surface area contributed by atoms with Gasteiger partial charge in [0.05, 0.1) is 11.3 Å². The number of benzene rings is 1. The van der Waals surface area contributed by atoms with E-state index in [4.69, 9.17) is 5.11 Å². The Bertz CT molecular complexity index is 595. The smallest absolute Gasteiger partial charge is 0.305 e. The highest BCUT2D eigenvalue weighted by Crippen LogP contribution is 2.34. The number of aryl methyl sites for hydroxylation is 1. The van der Waals surface area contributed by atoms with Crippen LogP contribution in [0.1, 0.15) is 35.2 Å². The summed E-state index contributed by atoms with van der Waals surface area (Å²) in [4.78, 5) is 33.3. The largest absolute Gasteiger partial charge is 0.481 e. The number of carboxylic acid groups (broad SMARTS) is 1. The van der Waals surface area contributed by atoms with Crippen LogP contribution in [0.25, 0.3) is 0 Å². The van der Waals surface area contributed by atoms with Gasteiger partial charge in [0.2, 0.25) is 0 Å². The normalized spacial score (nSPS) is 15.3. The molecule has 1 aliphatic carbocycles. The van der Waals surface area contributed by atoms with Gasteiger partial charge in [0.25, 0.3) is 11.6 Å². The number of nitrogens with one attached hydrogen (secondary N) is 1. The van der Waals surface area contributed by atoms with Gasteiger partial charge >= 0.3 is 5.97 Å². The van der Waals surface area contributed by atoms with Gasteiger partial charge in [-0.2, -0.15) is 0 Å². The van der Waals surface area contributed by atoms with E-state index >= 15 is 0 Å². The number of nitro groups is 1. The number of carbonyl (C=O) groups excluding carboxylic acids is 1. The molecular formula is C14H16N2O5. The number of hydrogen-bond acceptors (Lipinski definition) is 4. The molecule has 1 atom stereocenters. The Balaban J connectivity index is 2.13. The zero-order chi connectivity index (χ0) is 15.6. The predicted octanol–water partition coefficient (Wildman–Crippen LogP) is 1.89. The molecule has 0 bridgehead atoms. The summed E-state index contributed by atoms with van der Waals surface area (Å²) in [5.74, 6) is -1.26. The van der Waals surface area contributed by atoms with Crippen LogP contribution in [0, 0.1) is 23.0 Å². The minimum Gasteiger partial charge on any atom is -0.481 e. The number of carbonyl (C=O) groups is 2. The SMILES string of the molecule is Cc1ccc(C(=O)NC(CC(=O)O)C2CC2)cc1[N+](=O)[O-]. The minimum atomic E-state index is -0.970. The molecule has 1 fully saturated rings. The van der Waals surface area contributed by atoms with Crippen molar-refractivity contribution in [2.24, 2.45) is 5.92 Å². The molecule has 7 heteroatoms. The number of nitrogens with zero attached hydrogens (tertiary/aromatic N) is 1. The lowest BCUT2D eigenvalue weighted by Gasteiger charge is -2.16. The molecule has 1 aliphatic rings. The first kappa shape index (κ1) is 15.0. The van der Waals surface area contributed by atoms with E-state index in [1.54, 1.807) is 6.92 Å². The lowest BCUT2D eigenvalue weighted by Crippen LogP contribution is -2.38. The number of nitro benzene ring substituents is 1. The van der Waals surface area contributed by atoms with E-state index in [9.17, 15) is 19.7 Å². The first-order valence-corrected chi connectivity index (χ1v) is 6.66. The fourth-order valence-electron chi connectivity index (χ4n) is 2.22. The van der Waals surface area contributed by atoms with Gasteiger partial charge in [-0.25, -0.2) is 0 Å². The van der Waals surface area contributed by atoms with Gasteiger partial charge in [-0.1, -0.05) is 6.07 Å². The topological polar surface area (TPSA) is 110 Å². The number of hydrogen-bond donors (Lipinski definition) is 2. The third-order valence-electron chi connectivity index (χ3n) is 3.57. The minimum absolute atomic E-state index is 0.121. The molecule has 0 aliphatic heterocycles. The molecule has 0 aromatic heterocycles. The van der Waals surface area contributed by atoms with Crippen LogP contribution in [-0.4, -0.2) is 27.9 Å². The quantitative estimate of drug-likeness (QED) is 0.614. The summed E-state index contributed by atoms with van der Waals surface area (Å²) in [6.07, 6.45) is 1.66. The van der Waals surface area contributed by atoms with Crippen molar-refractivity contribution in [3.63, 3.8) is 0 Å². The summed E-state index contributed by atoms with van der Waals surface area (Å²) in [5, 5.41) is 22.4. The predicted molar refractivity (Wildman–Crippen MR) is 74.1 cm³/mol. The van der Waals surface area contributed by atoms with E-state index in [0.717, 1.165) is 12.8 Å². The molecule has 0 radical (unpaired) electrons. The maximum atomic E-state index is 12.1. The van der Waals surface area contributed by atoms with E-state index < -0.39 is 22.8 Å². The van der Waals surface area contributed by atoms with E-state index in [-0.39, 0.29) is 23.6 Å². The summed E-state index contributed by atoms with van der Waals surface area (Å²) in [6.45, 7) is 1.59. The summed E-state index contributed by atoms with van der Waals surface area (Å²) in [7, 11) is 0. The van der Waals surface area contributed by atoms with Crippen molar-refractivity contribution in [1.82, 2.24) is 5.32 Å². The maximum absolute atomic E-state index is 12.1. The molecule has 112 valence electrons. The molecule has 1 aromatic rings. The average Bonchev–Trinajstić information content (AvgIpc) is 3.21. The van der Waals surface area contributed by atoms with Gasteiger partial charge in [0.15, 0.2) is 0 Å². The second-order valence-electron chi connectivity index (χ2n) is 5.27. The van der Waals surface area contributed by atoms with Gasteiger partial charge in [0, 0.05) is 23.2 Å². The second kappa shape index (κ2) is 5.90. The Morgan fingerprint density at radius 2 is 2.14 bits per heavy atom. The number of amides is 1. The average molecular weight is 292 g/mol. The highest BCUT2D eigenvalue weighted by molar-refractivity contribution is 5.95. The molecule has 2 rings (SSSR count). The van der Waals surface area contributed by atoms with Gasteiger partial charge in [-0.05, 0) is 31.7 Å². The van der Waals surface area contributed by atoms with Gasteiger partial charge in [0.1, 0.15) is 0 Å². The molecule has 0 saturated heterocycles. The highest BCUT2D eigenvalue weighted by Gasteiger charge is 2.34. The Hall–Kier alpha value is -2.44. The molecule has 1 aromatic carbocycles. The van der Waals surface area contributed by atoms with Crippen molar-refractivity contribution in [3.05, 3.63) is 39.4 Å². The standard InChI is InChI=1S/C14H16N2O5/c1-8-2-3-10(6-12(8)16(20)21)14(19)15-11(7-13(17)18)9-4-5-9/h2-3,6,9,11H,4-5,7H2,1H3,(H,15,19)(H,17,18). The van der Waals surface area contributed by atoms with Gasteiger partial charge in [-0.15, -0.1) is 0 Å². The van der Waals surface area contributed by atoms with E-state index in [0.29, 0.717) is 5.56 Å². The first-order chi connectivity index (χ1) is 9.88. The molecule has 7 nitrogen and oxygen atoms in total. The Kier molecular flexibility index (Phi) is 4.21. The molecular weight excluding hydrogens is 276 g/mol. The molecule has 1 saturated carbocycles. The zero-order valence-electron chi connectivity index (χ0n) is 11.5. The first-order valence-electron chi connectivity index (χ1n) is 6.66. The highest BCUT2D eigenvalue weighted by atomic mass is 16.6. The maximum Gasteiger partial charge on any atom is 0.305 e. The molecule has 1 amide bonds. The van der Waals surface area contributed by atoms with Crippen LogP contribution in [0.2, 0.25) is 0 Å². The van der Waals surface area contributed by atoms with Crippen molar-refractivity contribution in [2.75, 3.05) is 0 Å². The monoisotopic (exact) mass is 292 g/mol. The van der Waals surface area contributed by atoms with Crippen LogP contribution in [0.5, 0.6) is 0 Å². The second-order valence-corrected chi connectivity index (χ2v) is 5.27. The fraction of sp³-hybridized carbons (Fsp3) is 0.429. The summed E-state index contributed by atoms with van der Waals surface area (Å²) in [6, 6.07) is 3.81. The number of carboxylic acids is 1. The van der Waals surface area contributed by atoms with Crippen LogP contribution >= 0.6 is 0 Å². The summed E-state index contributed by atoms with van der Waals surface area (Å²) in [5.41, 5.74) is 0.521. The van der Waals surface area contributed by atoms with Crippen LogP contribution < -0.4 is 5.32 Å². The van der Waals surface area contributed by atoms with Crippen molar-refractivity contribution in [2.45, 2.75) is 32.2 Å². The zero-order valence-corrected chi connectivity index (χ0v) is 11.5. The van der Waals surface area contributed by atoms with Crippen molar-refractivity contribution < 1.29 is 19.6 Å². The third kappa shape index (κ3) is 3.77. The Morgan fingerprint density at radius 3 is 2.67 bits per heavy atom. The third-order valence-corrected chi connectivity index (χ3v) is 3.57.